The fraction of sp³-hybridized carbons (Fsp3) is 0.625. The van der Waals surface area contributed by atoms with Gasteiger partial charge < -0.3 is 14.6 Å². The molecule has 0 spiro atoms. The average Bonchev–Trinajstić information content (AvgIpc) is 3.19. The van der Waals surface area contributed by atoms with Crippen molar-refractivity contribution in [1.82, 2.24) is 0 Å². The van der Waals surface area contributed by atoms with Gasteiger partial charge in [0.2, 0.25) is 0 Å². The second kappa shape index (κ2) is 5.86. The molecular formula is C16H22O3S. The summed E-state index contributed by atoms with van der Waals surface area (Å²) in [4.78, 5) is 0. The van der Waals surface area contributed by atoms with E-state index in [4.69, 9.17) is 9.47 Å². The third-order valence-corrected chi connectivity index (χ3v) is 5.21. The van der Waals surface area contributed by atoms with Crippen LogP contribution in [0.3, 0.4) is 0 Å². The zero-order valence-electron chi connectivity index (χ0n) is 11.9. The zero-order chi connectivity index (χ0) is 14.0. The maximum absolute atomic E-state index is 10.2. The number of ether oxygens (including phenoxy) is 2. The van der Waals surface area contributed by atoms with Crippen LogP contribution in [0.5, 0.6) is 11.5 Å². The number of para-hydroxylation sites is 1. The topological polar surface area (TPSA) is 38.7 Å². The molecule has 1 aromatic rings. The predicted molar refractivity (Wildman–Crippen MR) is 81.9 cm³/mol. The van der Waals surface area contributed by atoms with Gasteiger partial charge in [0.1, 0.15) is 6.10 Å². The summed E-state index contributed by atoms with van der Waals surface area (Å²) in [5.74, 6) is 3.89. The maximum Gasteiger partial charge on any atom is 0.164 e. The summed E-state index contributed by atoms with van der Waals surface area (Å²) in [6.07, 6.45) is 5.03. The van der Waals surface area contributed by atoms with E-state index in [-0.39, 0.29) is 6.10 Å². The van der Waals surface area contributed by atoms with E-state index in [1.807, 2.05) is 30.0 Å². The van der Waals surface area contributed by atoms with E-state index in [0.717, 1.165) is 42.1 Å². The van der Waals surface area contributed by atoms with Crippen LogP contribution in [0.4, 0.5) is 0 Å². The van der Waals surface area contributed by atoms with Crippen molar-refractivity contribution >= 4 is 11.8 Å². The lowest BCUT2D eigenvalue weighted by Gasteiger charge is -2.25. The molecule has 0 bridgehead atoms. The summed E-state index contributed by atoms with van der Waals surface area (Å²) in [7, 11) is 1.67. The van der Waals surface area contributed by atoms with Gasteiger partial charge in [0.25, 0.3) is 0 Å². The molecule has 1 aliphatic heterocycles. The Morgan fingerprint density at radius 2 is 2.25 bits per heavy atom. The Morgan fingerprint density at radius 1 is 1.40 bits per heavy atom. The van der Waals surface area contributed by atoms with Crippen LogP contribution in [0.1, 0.15) is 31.2 Å². The molecule has 1 heterocycles. The third-order valence-electron chi connectivity index (χ3n) is 4.03. The fourth-order valence-corrected chi connectivity index (χ4v) is 3.68. The van der Waals surface area contributed by atoms with Crippen molar-refractivity contribution in [2.75, 3.05) is 18.6 Å². The van der Waals surface area contributed by atoms with Crippen molar-refractivity contribution in [3.8, 4) is 11.5 Å². The first kappa shape index (κ1) is 14.1. The molecule has 1 atom stereocenters. The number of thioether (sulfide) groups is 1. The molecule has 2 fully saturated rings. The van der Waals surface area contributed by atoms with Crippen LogP contribution in [-0.2, 0) is 6.42 Å². The Kier molecular flexibility index (Phi) is 4.13. The SMILES string of the molecule is COc1cccc(CC2(O)CC2)c1OC1CCCSC1. The van der Waals surface area contributed by atoms with Crippen LogP contribution in [0, 0.1) is 0 Å². The predicted octanol–water partition coefficient (Wildman–Crippen LogP) is 3.04. The number of hydrogen-bond donors (Lipinski definition) is 1. The number of rotatable bonds is 5. The summed E-state index contributed by atoms with van der Waals surface area (Å²) in [6.45, 7) is 0. The third kappa shape index (κ3) is 3.23. The van der Waals surface area contributed by atoms with E-state index < -0.39 is 5.60 Å². The number of aliphatic hydroxyl groups is 1. The van der Waals surface area contributed by atoms with Crippen LogP contribution in [0.2, 0.25) is 0 Å². The molecule has 0 amide bonds. The Hall–Kier alpha value is -0.870. The molecule has 1 saturated heterocycles. The first-order chi connectivity index (χ1) is 9.70. The van der Waals surface area contributed by atoms with E-state index in [9.17, 15) is 5.11 Å². The summed E-state index contributed by atoms with van der Waals surface area (Å²) in [6, 6.07) is 5.96. The lowest BCUT2D eigenvalue weighted by molar-refractivity contribution is 0.146. The normalized spacial score (nSPS) is 24.2. The Morgan fingerprint density at radius 3 is 2.90 bits per heavy atom. The Labute approximate surface area is 124 Å². The highest BCUT2D eigenvalue weighted by molar-refractivity contribution is 7.99. The van der Waals surface area contributed by atoms with Gasteiger partial charge in [-0.15, -0.1) is 0 Å². The van der Waals surface area contributed by atoms with Gasteiger partial charge in [-0.05, 0) is 37.5 Å². The van der Waals surface area contributed by atoms with Crippen LogP contribution in [0.25, 0.3) is 0 Å². The van der Waals surface area contributed by atoms with Crippen molar-refractivity contribution < 1.29 is 14.6 Å². The molecule has 3 nitrogen and oxygen atoms in total. The molecule has 110 valence electrons. The van der Waals surface area contributed by atoms with Crippen molar-refractivity contribution in [3.05, 3.63) is 23.8 Å². The standard InChI is InChI=1S/C16H22O3S/c1-18-14-6-2-4-12(10-16(17)7-8-16)15(14)19-13-5-3-9-20-11-13/h2,4,6,13,17H,3,5,7-11H2,1H3. The van der Waals surface area contributed by atoms with E-state index in [2.05, 4.69) is 0 Å². The summed E-state index contributed by atoms with van der Waals surface area (Å²) >= 11 is 1.95. The highest BCUT2D eigenvalue weighted by atomic mass is 32.2. The lowest BCUT2D eigenvalue weighted by Crippen LogP contribution is -2.24. The molecule has 0 aromatic heterocycles. The second-order valence-electron chi connectivity index (χ2n) is 5.81. The first-order valence-electron chi connectivity index (χ1n) is 7.33. The van der Waals surface area contributed by atoms with E-state index >= 15 is 0 Å². The van der Waals surface area contributed by atoms with Gasteiger partial charge in [-0.25, -0.2) is 0 Å². The highest BCUT2D eigenvalue weighted by Gasteiger charge is 2.41. The van der Waals surface area contributed by atoms with Gasteiger partial charge in [0.05, 0.1) is 12.7 Å². The van der Waals surface area contributed by atoms with Gasteiger partial charge in [0, 0.05) is 17.7 Å². The number of hydrogen-bond acceptors (Lipinski definition) is 4. The quantitative estimate of drug-likeness (QED) is 0.906. The molecule has 2 aliphatic rings. The monoisotopic (exact) mass is 294 g/mol. The number of methoxy groups -OCH3 is 1. The molecular weight excluding hydrogens is 272 g/mol. The zero-order valence-corrected chi connectivity index (χ0v) is 12.7. The lowest BCUT2D eigenvalue weighted by atomic mass is 10.0. The maximum atomic E-state index is 10.2. The van der Waals surface area contributed by atoms with Crippen LogP contribution < -0.4 is 9.47 Å². The summed E-state index contributed by atoms with van der Waals surface area (Å²) in [5, 5.41) is 10.2. The average molecular weight is 294 g/mol. The molecule has 20 heavy (non-hydrogen) atoms. The van der Waals surface area contributed by atoms with Gasteiger partial charge in [-0.3, -0.25) is 0 Å². The second-order valence-corrected chi connectivity index (χ2v) is 6.96. The van der Waals surface area contributed by atoms with Gasteiger partial charge in [0.15, 0.2) is 11.5 Å². The Bertz CT molecular complexity index is 465. The first-order valence-corrected chi connectivity index (χ1v) is 8.48. The van der Waals surface area contributed by atoms with Crippen LogP contribution in [-0.4, -0.2) is 35.4 Å². The molecule has 0 radical (unpaired) electrons. The van der Waals surface area contributed by atoms with Crippen molar-refractivity contribution in [1.29, 1.82) is 0 Å². The van der Waals surface area contributed by atoms with E-state index in [0.29, 0.717) is 6.42 Å². The smallest absolute Gasteiger partial charge is 0.164 e. The molecule has 1 aromatic carbocycles. The van der Waals surface area contributed by atoms with Crippen molar-refractivity contribution in [2.45, 2.75) is 43.8 Å². The van der Waals surface area contributed by atoms with Crippen LogP contribution >= 0.6 is 11.8 Å². The minimum Gasteiger partial charge on any atom is -0.493 e. The van der Waals surface area contributed by atoms with Crippen molar-refractivity contribution in [3.63, 3.8) is 0 Å². The van der Waals surface area contributed by atoms with Gasteiger partial charge in [-0.1, -0.05) is 12.1 Å². The molecule has 1 saturated carbocycles. The molecule has 1 N–H and O–H groups in total. The molecule has 1 unspecified atom stereocenters. The fourth-order valence-electron chi connectivity index (χ4n) is 2.64. The van der Waals surface area contributed by atoms with Gasteiger partial charge >= 0.3 is 0 Å². The Balaban J connectivity index is 1.81. The molecule has 4 heteroatoms. The van der Waals surface area contributed by atoms with Gasteiger partial charge in [-0.2, -0.15) is 11.8 Å². The minimum absolute atomic E-state index is 0.262. The summed E-state index contributed by atoms with van der Waals surface area (Å²) < 4.78 is 11.7. The largest absolute Gasteiger partial charge is 0.493 e. The summed E-state index contributed by atoms with van der Waals surface area (Å²) in [5.41, 5.74) is 0.561. The molecule has 3 rings (SSSR count). The highest BCUT2D eigenvalue weighted by Crippen LogP contribution is 2.42. The van der Waals surface area contributed by atoms with E-state index in [1.165, 1.54) is 12.2 Å². The number of benzene rings is 1. The van der Waals surface area contributed by atoms with Crippen molar-refractivity contribution in [2.24, 2.45) is 0 Å². The minimum atomic E-state index is -0.508. The van der Waals surface area contributed by atoms with E-state index in [1.54, 1.807) is 7.11 Å². The van der Waals surface area contributed by atoms with Crippen LogP contribution in [0.15, 0.2) is 18.2 Å². The molecule has 1 aliphatic carbocycles.